The van der Waals surface area contributed by atoms with E-state index >= 15 is 0 Å². The van der Waals surface area contributed by atoms with E-state index < -0.39 is 0 Å². The van der Waals surface area contributed by atoms with Crippen molar-refractivity contribution < 1.29 is 14.3 Å². The zero-order valence-electron chi connectivity index (χ0n) is 16.9. The van der Waals surface area contributed by atoms with E-state index in [0.29, 0.717) is 11.5 Å². The van der Waals surface area contributed by atoms with Crippen LogP contribution < -0.4 is 9.47 Å². The Bertz CT molecular complexity index is 778. The molecule has 0 unspecified atom stereocenters. The van der Waals surface area contributed by atoms with E-state index in [9.17, 15) is 4.79 Å². The van der Waals surface area contributed by atoms with E-state index in [2.05, 4.69) is 12.2 Å². The molecule has 1 saturated carbocycles. The molecule has 2 atom stereocenters. The van der Waals surface area contributed by atoms with E-state index in [4.69, 9.17) is 14.6 Å². The maximum absolute atomic E-state index is 13.3. The molecule has 2 aliphatic carbocycles. The maximum Gasteiger partial charge on any atom is 0.247 e. The third kappa shape index (κ3) is 3.54. The van der Waals surface area contributed by atoms with Crippen LogP contribution in [0.3, 0.4) is 0 Å². The second-order valence-corrected chi connectivity index (χ2v) is 8.04. The summed E-state index contributed by atoms with van der Waals surface area (Å²) in [5, 5.41) is 6.83. The molecule has 1 heterocycles. The summed E-state index contributed by atoms with van der Waals surface area (Å²) in [5.74, 6) is 1.75. The smallest absolute Gasteiger partial charge is 0.247 e. The summed E-state index contributed by atoms with van der Waals surface area (Å²) in [7, 11) is 3.29. The first kappa shape index (κ1) is 19.0. The van der Waals surface area contributed by atoms with Crippen LogP contribution in [-0.4, -0.2) is 36.9 Å². The van der Waals surface area contributed by atoms with Gasteiger partial charge in [0.2, 0.25) is 5.91 Å². The average Bonchev–Trinajstić information content (AvgIpc) is 3.03. The summed E-state index contributed by atoms with van der Waals surface area (Å²) in [4.78, 5) is 13.3. The Morgan fingerprint density at radius 1 is 0.929 bits per heavy atom. The number of hydrogen-bond donors (Lipinski definition) is 0. The van der Waals surface area contributed by atoms with Crippen LogP contribution in [0, 0.1) is 11.8 Å². The molecule has 0 radical (unpaired) electrons. The minimum Gasteiger partial charge on any atom is -0.493 e. The molecular weight excluding hydrogens is 352 g/mol. The number of hydrogen-bond acceptors (Lipinski definition) is 4. The van der Waals surface area contributed by atoms with Crippen molar-refractivity contribution in [2.24, 2.45) is 16.9 Å². The summed E-state index contributed by atoms with van der Waals surface area (Å²) in [6.07, 6.45) is 13.0. The SMILES string of the molecule is COc1ccc(C2=NN(C3CCCCCC3)C(=O)[C@@H]3CC=CC[C@H]23)cc1OC. The molecule has 0 bridgehead atoms. The molecule has 4 rings (SSSR count). The zero-order valence-corrected chi connectivity index (χ0v) is 16.9. The topological polar surface area (TPSA) is 51.1 Å². The van der Waals surface area contributed by atoms with Gasteiger partial charge >= 0.3 is 0 Å². The molecule has 28 heavy (non-hydrogen) atoms. The van der Waals surface area contributed by atoms with Gasteiger partial charge in [-0.05, 0) is 43.9 Å². The normalized spacial score (nSPS) is 25.7. The van der Waals surface area contributed by atoms with Crippen LogP contribution >= 0.6 is 0 Å². The highest BCUT2D eigenvalue weighted by Gasteiger charge is 2.42. The van der Waals surface area contributed by atoms with Gasteiger partial charge in [-0.2, -0.15) is 5.10 Å². The molecule has 3 aliphatic rings. The molecule has 0 aromatic heterocycles. The van der Waals surface area contributed by atoms with E-state index in [0.717, 1.165) is 37.0 Å². The summed E-state index contributed by atoms with van der Waals surface area (Å²) < 4.78 is 10.9. The van der Waals surface area contributed by atoms with Crippen molar-refractivity contribution in [1.29, 1.82) is 0 Å². The van der Waals surface area contributed by atoms with E-state index in [-0.39, 0.29) is 23.8 Å². The fourth-order valence-electron chi connectivity index (χ4n) is 4.83. The van der Waals surface area contributed by atoms with Crippen LogP contribution in [-0.2, 0) is 4.79 Å². The lowest BCUT2D eigenvalue weighted by molar-refractivity contribution is -0.140. The Hall–Kier alpha value is -2.30. The van der Waals surface area contributed by atoms with Gasteiger partial charge in [0.15, 0.2) is 11.5 Å². The number of nitrogens with zero attached hydrogens (tertiary/aromatic N) is 2. The monoisotopic (exact) mass is 382 g/mol. The van der Waals surface area contributed by atoms with Crippen molar-refractivity contribution in [2.45, 2.75) is 57.4 Å². The van der Waals surface area contributed by atoms with Crippen molar-refractivity contribution in [3.63, 3.8) is 0 Å². The lowest BCUT2D eigenvalue weighted by Gasteiger charge is -2.40. The molecule has 1 aliphatic heterocycles. The van der Waals surface area contributed by atoms with Crippen LogP contribution in [0.25, 0.3) is 0 Å². The van der Waals surface area contributed by atoms with Gasteiger partial charge in [-0.1, -0.05) is 37.8 Å². The number of benzene rings is 1. The van der Waals surface area contributed by atoms with Crippen LogP contribution in [0.4, 0.5) is 0 Å². The second-order valence-electron chi connectivity index (χ2n) is 8.04. The minimum absolute atomic E-state index is 0.00569. The first-order valence-electron chi connectivity index (χ1n) is 10.5. The van der Waals surface area contributed by atoms with Gasteiger partial charge in [0.05, 0.1) is 31.9 Å². The Kier molecular flexibility index (Phi) is 5.69. The molecular formula is C23H30N2O3. The van der Waals surface area contributed by atoms with Crippen LogP contribution in [0.5, 0.6) is 11.5 Å². The Labute approximate surface area is 167 Å². The van der Waals surface area contributed by atoms with Crippen LogP contribution in [0.2, 0.25) is 0 Å². The van der Waals surface area contributed by atoms with Crippen molar-refractivity contribution >= 4 is 11.6 Å². The number of rotatable bonds is 4. The maximum atomic E-state index is 13.3. The van der Waals surface area contributed by atoms with E-state index in [1.165, 1.54) is 25.7 Å². The lowest BCUT2D eigenvalue weighted by Crippen LogP contribution is -2.49. The highest BCUT2D eigenvalue weighted by molar-refractivity contribution is 6.07. The van der Waals surface area contributed by atoms with Crippen LogP contribution in [0.15, 0.2) is 35.5 Å². The van der Waals surface area contributed by atoms with Crippen molar-refractivity contribution in [3.8, 4) is 11.5 Å². The molecule has 1 aromatic carbocycles. The van der Waals surface area contributed by atoms with Crippen molar-refractivity contribution in [1.82, 2.24) is 5.01 Å². The minimum atomic E-state index is -0.00569. The van der Waals surface area contributed by atoms with E-state index in [1.54, 1.807) is 14.2 Å². The number of hydrazone groups is 1. The molecule has 1 fully saturated rings. The number of fused-ring (bicyclic) bond motifs is 1. The predicted octanol–water partition coefficient (Wildman–Crippen LogP) is 4.56. The number of carbonyl (C=O) groups is 1. The number of methoxy groups -OCH3 is 2. The van der Waals surface area contributed by atoms with Gasteiger partial charge in [0.25, 0.3) is 0 Å². The molecule has 1 amide bonds. The molecule has 5 nitrogen and oxygen atoms in total. The standard InChI is InChI=1S/C23H30N2O3/c1-27-20-14-13-16(15-21(20)28-2)22-18-11-7-8-12-19(18)23(26)25(24-22)17-9-5-3-4-6-10-17/h7-8,13-15,17-19H,3-6,9-12H2,1-2H3/t18-,19+/m0/s1. The third-order valence-electron chi connectivity index (χ3n) is 6.39. The largest absolute Gasteiger partial charge is 0.493 e. The van der Waals surface area contributed by atoms with Crippen molar-refractivity contribution in [3.05, 3.63) is 35.9 Å². The molecule has 0 N–H and O–H groups in total. The summed E-state index contributed by atoms with van der Waals surface area (Å²) >= 11 is 0. The highest BCUT2D eigenvalue weighted by Crippen LogP contribution is 2.38. The zero-order chi connectivity index (χ0) is 19.5. The number of amides is 1. The first-order valence-corrected chi connectivity index (χ1v) is 10.5. The molecule has 1 aromatic rings. The highest BCUT2D eigenvalue weighted by atomic mass is 16.5. The van der Waals surface area contributed by atoms with Crippen molar-refractivity contribution in [2.75, 3.05) is 14.2 Å². The molecule has 0 spiro atoms. The van der Waals surface area contributed by atoms with Gasteiger partial charge in [0, 0.05) is 11.5 Å². The third-order valence-corrected chi connectivity index (χ3v) is 6.39. The first-order chi connectivity index (χ1) is 13.7. The second kappa shape index (κ2) is 8.38. The lowest BCUT2D eigenvalue weighted by atomic mass is 9.76. The molecule has 0 saturated heterocycles. The predicted molar refractivity (Wildman–Crippen MR) is 110 cm³/mol. The number of carbonyl (C=O) groups excluding carboxylic acids is 1. The van der Waals surface area contributed by atoms with Gasteiger partial charge in [-0.25, -0.2) is 5.01 Å². The molecule has 150 valence electrons. The molecule has 5 heteroatoms. The van der Waals surface area contributed by atoms with Gasteiger partial charge in [-0.3, -0.25) is 4.79 Å². The van der Waals surface area contributed by atoms with Gasteiger partial charge in [-0.15, -0.1) is 0 Å². The summed E-state index contributed by atoms with van der Waals surface area (Å²) in [6.45, 7) is 0. The summed E-state index contributed by atoms with van der Waals surface area (Å²) in [6, 6.07) is 6.19. The Morgan fingerprint density at radius 3 is 2.29 bits per heavy atom. The van der Waals surface area contributed by atoms with Gasteiger partial charge in [0.1, 0.15) is 0 Å². The Balaban J connectivity index is 1.74. The fraction of sp³-hybridized carbons (Fsp3) is 0.565. The average molecular weight is 383 g/mol. The van der Waals surface area contributed by atoms with E-state index in [1.807, 2.05) is 23.2 Å². The number of ether oxygens (including phenoxy) is 2. The number of allylic oxidation sites excluding steroid dienone is 2. The quantitative estimate of drug-likeness (QED) is 0.567. The summed E-state index contributed by atoms with van der Waals surface area (Å²) in [5.41, 5.74) is 2.04. The van der Waals surface area contributed by atoms with Crippen LogP contribution in [0.1, 0.15) is 56.9 Å². The Morgan fingerprint density at radius 2 is 1.61 bits per heavy atom. The van der Waals surface area contributed by atoms with Gasteiger partial charge < -0.3 is 9.47 Å². The fourth-order valence-corrected chi connectivity index (χ4v) is 4.83.